The second-order valence-corrected chi connectivity index (χ2v) is 4.51. The van der Waals surface area contributed by atoms with Crippen LogP contribution in [0.1, 0.15) is 52.4 Å². The first kappa shape index (κ1) is 11.7. The van der Waals surface area contributed by atoms with Gasteiger partial charge in [-0.3, -0.25) is 4.79 Å². The Morgan fingerprint density at radius 3 is 2.50 bits per heavy atom. The summed E-state index contributed by atoms with van der Waals surface area (Å²) in [5.74, 6) is 0.406. The van der Waals surface area contributed by atoms with E-state index < -0.39 is 0 Å². The number of hydrogen-bond acceptors (Lipinski definition) is 2. The Balaban J connectivity index is 2.07. The molecular formula is C12H22O2. The lowest BCUT2D eigenvalue weighted by Gasteiger charge is -2.39. The van der Waals surface area contributed by atoms with Gasteiger partial charge < -0.3 is 4.74 Å². The SMILES string of the molecule is CCCCCOCC1(CC)CC(=O)C1. The molecule has 82 valence electrons. The van der Waals surface area contributed by atoms with Crippen molar-refractivity contribution in [2.45, 2.75) is 52.4 Å². The van der Waals surface area contributed by atoms with Crippen molar-refractivity contribution < 1.29 is 9.53 Å². The Morgan fingerprint density at radius 2 is 2.00 bits per heavy atom. The minimum Gasteiger partial charge on any atom is -0.381 e. The van der Waals surface area contributed by atoms with Gasteiger partial charge in [-0.15, -0.1) is 0 Å². The van der Waals surface area contributed by atoms with Crippen molar-refractivity contribution in [3.05, 3.63) is 0 Å². The van der Waals surface area contributed by atoms with E-state index in [0.29, 0.717) is 5.78 Å². The third-order valence-corrected chi connectivity index (χ3v) is 3.19. The first-order chi connectivity index (χ1) is 6.72. The van der Waals surface area contributed by atoms with Crippen molar-refractivity contribution in [2.75, 3.05) is 13.2 Å². The van der Waals surface area contributed by atoms with E-state index in [1.807, 2.05) is 0 Å². The molecule has 0 unspecified atom stereocenters. The van der Waals surface area contributed by atoms with Crippen molar-refractivity contribution in [3.8, 4) is 0 Å². The second kappa shape index (κ2) is 5.50. The first-order valence-electron chi connectivity index (χ1n) is 5.82. The monoisotopic (exact) mass is 198 g/mol. The number of rotatable bonds is 7. The second-order valence-electron chi connectivity index (χ2n) is 4.51. The topological polar surface area (TPSA) is 26.3 Å². The lowest BCUT2D eigenvalue weighted by atomic mass is 9.67. The van der Waals surface area contributed by atoms with Crippen LogP contribution in [-0.2, 0) is 9.53 Å². The molecule has 0 heterocycles. The summed E-state index contributed by atoms with van der Waals surface area (Å²) in [7, 11) is 0. The Morgan fingerprint density at radius 1 is 1.29 bits per heavy atom. The number of ether oxygens (including phenoxy) is 1. The Hall–Kier alpha value is -0.370. The summed E-state index contributed by atoms with van der Waals surface area (Å²) in [5.41, 5.74) is 0.212. The molecule has 1 fully saturated rings. The van der Waals surface area contributed by atoms with Gasteiger partial charge in [0.25, 0.3) is 0 Å². The quantitative estimate of drug-likeness (QED) is 0.588. The van der Waals surface area contributed by atoms with Gasteiger partial charge in [0.15, 0.2) is 0 Å². The first-order valence-corrected chi connectivity index (χ1v) is 5.82. The lowest BCUT2D eigenvalue weighted by Crippen LogP contribution is -2.41. The summed E-state index contributed by atoms with van der Waals surface area (Å²) in [5, 5.41) is 0. The van der Waals surface area contributed by atoms with E-state index in [1.165, 1.54) is 12.8 Å². The molecule has 0 aliphatic heterocycles. The maximum atomic E-state index is 11.0. The normalized spacial score (nSPS) is 19.4. The third kappa shape index (κ3) is 3.09. The van der Waals surface area contributed by atoms with E-state index in [4.69, 9.17) is 4.74 Å². The minimum absolute atomic E-state index is 0.212. The van der Waals surface area contributed by atoms with Crippen LogP contribution in [0, 0.1) is 5.41 Å². The smallest absolute Gasteiger partial charge is 0.134 e. The standard InChI is InChI=1S/C12H22O2/c1-3-5-6-7-14-10-12(4-2)8-11(13)9-12/h3-10H2,1-2H3. The van der Waals surface area contributed by atoms with Gasteiger partial charge in [-0.1, -0.05) is 26.7 Å². The fraction of sp³-hybridized carbons (Fsp3) is 0.917. The molecule has 2 nitrogen and oxygen atoms in total. The van der Waals surface area contributed by atoms with Gasteiger partial charge in [0.2, 0.25) is 0 Å². The van der Waals surface area contributed by atoms with Gasteiger partial charge >= 0.3 is 0 Å². The number of unbranched alkanes of at least 4 members (excludes halogenated alkanes) is 2. The molecule has 0 saturated heterocycles. The Kier molecular flexibility index (Phi) is 4.59. The molecule has 1 aliphatic rings. The van der Waals surface area contributed by atoms with Crippen LogP contribution in [0.3, 0.4) is 0 Å². The zero-order valence-electron chi connectivity index (χ0n) is 9.47. The van der Waals surface area contributed by atoms with E-state index in [0.717, 1.165) is 38.9 Å². The van der Waals surface area contributed by atoms with Crippen molar-refractivity contribution >= 4 is 5.78 Å². The molecule has 0 aromatic rings. The van der Waals surface area contributed by atoms with Gasteiger partial charge in [0, 0.05) is 24.9 Å². The van der Waals surface area contributed by atoms with Crippen LogP contribution in [0.2, 0.25) is 0 Å². The maximum absolute atomic E-state index is 11.0. The van der Waals surface area contributed by atoms with Crippen molar-refractivity contribution in [1.29, 1.82) is 0 Å². The maximum Gasteiger partial charge on any atom is 0.134 e. The molecule has 2 heteroatoms. The molecule has 1 rings (SSSR count). The Bertz CT molecular complexity index is 179. The van der Waals surface area contributed by atoms with Crippen LogP contribution in [0.5, 0.6) is 0 Å². The molecule has 0 atom stereocenters. The van der Waals surface area contributed by atoms with Gasteiger partial charge in [-0.25, -0.2) is 0 Å². The molecule has 0 N–H and O–H groups in total. The van der Waals surface area contributed by atoms with E-state index >= 15 is 0 Å². The summed E-state index contributed by atoms with van der Waals surface area (Å²) in [6, 6.07) is 0. The van der Waals surface area contributed by atoms with Crippen LogP contribution in [0.4, 0.5) is 0 Å². The van der Waals surface area contributed by atoms with E-state index in [-0.39, 0.29) is 5.41 Å². The van der Waals surface area contributed by atoms with Crippen LogP contribution in [0.25, 0.3) is 0 Å². The summed E-state index contributed by atoms with van der Waals surface area (Å²) in [4.78, 5) is 11.0. The predicted octanol–water partition coefficient (Wildman–Crippen LogP) is 2.95. The number of carbonyl (C=O) groups excluding carboxylic acids is 1. The highest BCUT2D eigenvalue weighted by molar-refractivity contribution is 5.86. The zero-order valence-corrected chi connectivity index (χ0v) is 9.47. The molecule has 0 aromatic carbocycles. The molecule has 1 aliphatic carbocycles. The van der Waals surface area contributed by atoms with Crippen molar-refractivity contribution in [2.24, 2.45) is 5.41 Å². The molecule has 1 saturated carbocycles. The summed E-state index contributed by atoms with van der Waals surface area (Å²) in [6.07, 6.45) is 6.21. The van der Waals surface area contributed by atoms with Gasteiger partial charge in [-0.05, 0) is 12.8 Å². The van der Waals surface area contributed by atoms with E-state index in [2.05, 4.69) is 13.8 Å². The number of carbonyl (C=O) groups is 1. The third-order valence-electron chi connectivity index (χ3n) is 3.19. The van der Waals surface area contributed by atoms with Crippen molar-refractivity contribution in [1.82, 2.24) is 0 Å². The van der Waals surface area contributed by atoms with Crippen LogP contribution in [-0.4, -0.2) is 19.0 Å². The van der Waals surface area contributed by atoms with Crippen LogP contribution >= 0.6 is 0 Å². The van der Waals surface area contributed by atoms with Gasteiger partial charge in [-0.2, -0.15) is 0 Å². The summed E-state index contributed by atoms with van der Waals surface area (Å²) < 4.78 is 5.63. The highest BCUT2D eigenvalue weighted by atomic mass is 16.5. The molecule has 0 aromatic heterocycles. The number of ketones is 1. The molecule has 14 heavy (non-hydrogen) atoms. The fourth-order valence-corrected chi connectivity index (χ4v) is 1.98. The molecular weight excluding hydrogens is 176 g/mol. The Labute approximate surface area is 87.0 Å². The molecule has 0 radical (unpaired) electrons. The lowest BCUT2D eigenvalue weighted by molar-refractivity contribution is -0.137. The molecule has 0 bridgehead atoms. The zero-order chi connectivity index (χ0) is 10.4. The number of hydrogen-bond donors (Lipinski definition) is 0. The minimum atomic E-state index is 0.212. The number of Topliss-reactive ketones (excluding diaryl/α,β-unsaturated/α-hetero) is 1. The van der Waals surface area contributed by atoms with Gasteiger partial charge in [0.1, 0.15) is 5.78 Å². The summed E-state index contributed by atoms with van der Waals surface area (Å²) in [6.45, 7) is 6.00. The average Bonchev–Trinajstić information content (AvgIpc) is 2.14. The fourth-order valence-electron chi connectivity index (χ4n) is 1.98. The van der Waals surface area contributed by atoms with E-state index in [1.54, 1.807) is 0 Å². The van der Waals surface area contributed by atoms with Crippen LogP contribution < -0.4 is 0 Å². The highest BCUT2D eigenvalue weighted by Gasteiger charge is 2.41. The van der Waals surface area contributed by atoms with E-state index in [9.17, 15) is 4.79 Å². The molecule has 0 amide bonds. The highest BCUT2D eigenvalue weighted by Crippen LogP contribution is 2.41. The average molecular weight is 198 g/mol. The van der Waals surface area contributed by atoms with Crippen molar-refractivity contribution in [3.63, 3.8) is 0 Å². The largest absolute Gasteiger partial charge is 0.381 e. The molecule has 0 spiro atoms. The van der Waals surface area contributed by atoms with Gasteiger partial charge in [0.05, 0.1) is 6.61 Å². The van der Waals surface area contributed by atoms with Crippen LogP contribution in [0.15, 0.2) is 0 Å². The summed E-state index contributed by atoms with van der Waals surface area (Å²) >= 11 is 0. The predicted molar refractivity (Wildman–Crippen MR) is 57.3 cm³/mol.